The molecule has 2 atom stereocenters. The standard InChI is InChI=1S/C16H23ClN2O4/c1-11-9-19(10-12(2)23-11)16(20)18-14-6-4-5-13(17)15(14)22-8-7-21-3/h4-6,11-12H,7-10H2,1-3H3,(H,18,20)/t11-,12-/m0/s1. The van der Waals surface area contributed by atoms with Crippen molar-refractivity contribution in [2.24, 2.45) is 0 Å². The van der Waals surface area contributed by atoms with E-state index in [9.17, 15) is 4.79 Å². The van der Waals surface area contributed by atoms with Gasteiger partial charge in [-0.05, 0) is 26.0 Å². The van der Waals surface area contributed by atoms with Gasteiger partial charge >= 0.3 is 6.03 Å². The third-order valence-corrected chi connectivity index (χ3v) is 3.75. The first kappa shape index (κ1) is 17.8. The Morgan fingerprint density at radius 2 is 2.04 bits per heavy atom. The molecule has 0 radical (unpaired) electrons. The van der Waals surface area contributed by atoms with Crippen LogP contribution in [0.5, 0.6) is 5.75 Å². The van der Waals surface area contributed by atoms with E-state index < -0.39 is 0 Å². The number of urea groups is 1. The molecule has 23 heavy (non-hydrogen) atoms. The Kier molecular flexibility index (Phi) is 6.50. The maximum Gasteiger partial charge on any atom is 0.322 e. The minimum Gasteiger partial charge on any atom is -0.487 e. The van der Waals surface area contributed by atoms with Gasteiger partial charge in [0.05, 0.1) is 29.5 Å². The number of methoxy groups -OCH3 is 1. The summed E-state index contributed by atoms with van der Waals surface area (Å²) in [5, 5.41) is 3.32. The normalized spacial score (nSPS) is 21.1. The van der Waals surface area contributed by atoms with E-state index in [1.165, 1.54) is 0 Å². The number of hydrogen-bond donors (Lipinski definition) is 1. The van der Waals surface area contributed by atoms with Crippen molar-refractivity contribution >= 4 is 23.3 Å². The summed E-state index contributed by atoms with van der Waals surface area (Å²) in [7, 11) is 1.60. The van der Waals surface area contributed by atoms with Gasteiger partial charge in [-0.25, -0.2) is 4.79 Å². The summed E-state index contributed by atoms with van der Waals surface area (Å²) in [6.45, 7) is 5.81. The number of nitrogens with zero attached hydrogens (tertiary/aromatic N) is 1. The number of amides is 2. The van der Waals surface area contributed by atoms with Crippen molar-refractivity contribution in [1.29, 1.82) is 0 Å². The Labute approximate surface area is 141 Å². The second-order valence-electron chi connectivity index (χ2n) is 5.55. The largest absolute Gasteiger partial charge is 0.487 e. The lowest BCUT2D eigenvalue weighted by Gasteiger charge is -2.35. The zero-order chi connectivity index (χ0) is 16.8. The van der Waals surface area contributed by atoms with E-state index in [2.05, 4.69) is 5.32 Å². The molecule has 1 saturated heterocycles. The SMILES string of the molecule is COCCOc1c(Cl)cccc1NC(=O)N1C[C@H](C)O[C@@H](C)C1. The number of halogens is 1. The molecule has 0 bridgehead atoms. The zero-order valence-corrected chi connectivity index (χ0v) is 14.4. The minimum absolute atomic E-state index is 0.0151. The topological polar surface area (TPSA) is 60.0 Å². The quantitative estimate of drug-likeness (QED) is 0.836. The first-order valence-corrected chi connectivity index (χ1v) is 8.00. The van der Waals surface area contributed by atoms with E-state index in [0.29, 0.717) is 42.8 Å². The minimum atomic E-state index is -0.189. The fourth-order valence-electron chi connectivity index (χ4n) is 2.52. The Hall–Kier alpha value is -1.50. The molecule has 128 valence electrons. The molecule has 0 spiro atoms. The van der Waals surface area contributed by atoms with E-state index in [4.69, 9.17) is 25.8 Å². The molecule has 7 heteroatoms. The lowest BCUT2D eigenvalue weighted by molar-refractivity contribution is -0.0530. The summed E-state index contributed by atoms with van der Waals surface area (Å²) < 4.78 is 16.2. The third kappa shape index (κ3) is 4.99. The number of carbonyl (C=O) groups is 1. The van der Waals surface area contributed by atoms with Crippen LogP contribution in [-0.4, -0.2) is 56.6 Å². The van der Waals surface area contributed by atoms with Crippen molar-refractivity contribution in [3.63, 3.8) is 0 Å². The van der Waals surface area contributed by atoms with Gasteiger partial charge in [0.2, 0.25) is 0 Å². The molecular weight excluding hydrogens is 320 g/mol. The van der Waals surface area contributed by atoms with Crippen LogP contribution < -0.4 is 10.1 Å². The highest BCUT2D eigenvalue weighted by Gasteiger charge is 2.26. The van der Waals surface area contributed by atoms with Crippen LogP contribution in [-0.2, 0) is 9.47 Å². The van der Waals surface area contributed by atoms with Crippen LogP contribution >= 0.6 is 11.6 Å². The Bertz CT molecular complexity index is 531. The van der Waals surface area contributed by atoms with Crippen molar-refractivity contribution in [3.8, 4) is 5.75 Å². The number of ether oxygens (including phenoxy) is 3. The van der Waals surface area contributed by atoms with Gasteiger partial charge in [-0.2, -0.15) is 0 Å². The smallest absolute Gasteiger partial charge is 0.322 e. The Balaban J connectivity index is 2.06. The van der Waals surface area contributed by atoms with E-state index in [1.54, 1.807) is 30.2 Å². The number of hydrogen-bond acceptors (Lipinski definition) is 4. The van der Waals surface area contributed by atoms with Crippen molar-refractivity contribution in [1.82, 2.24) is 4.90 Å². The van der Waals surface area contributed by atoms with Gasteiger partial charge in [-0.1, -0.05) is 17.7 Å². The summed E-state index contributed by atoms with van der Waals surface area (Å²) >= 11 is 6.17. The second-order valence-corrected chi connectivity index (χ2v) is 5.96. The highest BCUT2D eigenvalue weighted by Crippen LogP contribution is 2.33. The molecule has 6 nitrogen and oxygen atoms in total. The number of anilines is 1. The number of benzene rings is 1. The van der Waals surface area contributed by atoms with Crippen LogP contribution in [0, 0.1) is 0 Å². The first-order valence-electron chi connectivity index (χ1n) is 7.63. The number of carbonyl (C=O) groups excluding carboxylic acids is 1. The highest BCUT2D eigenvalue weighted by molar-refractivity contribution is 6.32. The summed E-state index contributed by atoms with van der Waals surface area (Å²) in [6, 6.07) is 5.06. The molecule has 1 fully saturated rings. The Morgan fingerprint density at radius 1 is 1.35 bits per heavy atom. The molecule has 0 aliphatic carbocycles. The molecule has 1 aromatic carbocycles. The molecule has 2 rings (SSSR count). The predicted octanol–water partition coefficient (Wildman–Crippen LogP) is 3.01. The molecule has 0 unspecified atom stereocenters. The van der Waals surface area contributed by atoms with E-state index in [1.807, 2.05) is 13.8 Å². The zero-order valence-electron chi connectivity index (χ0n) is 13.7. The molecule has 1 aromatic rings. The summed E-state index contributed by atoms with van der Waals surface area (Å²) in [4.78, 5) is 14.2. The number of nitrogens with one attached hydrogen (secondary N) is 1. The van der Waals surface area contributed by atoms with Crippen LogP contribution in [0.15, 0.2) is 18.2 Å². The van der Waals surface area contributed by atoms with Gasteiger partial charge in [0.15, 0.2) is 5.75 Å². The van der Waals surface area contributed by atoms with Gasteiger partial charge in [-0.3, -0.25) is 0 Å². The molecular formula is C16H23ClN2O4. The van der Waals surface area contributed by atoms with Crippen LogP contribution in [0.25, 0.3) is 0 Å². The highest BCUT2D eigenvalue weighted by atomic mass is 35.5. The van der Waals surface area contributed by atoms with Crippen molar-refractivity contribution in [2.75, 3.05) is 38.7 Å². The van der Waals surface area contributed by atoms with Gasteiger partial charge in [-0.15, -0.1) is 0 Å². The van der Waals surface area contributed by atoms with Crippen molar-refractivity contribution in [3.05, 3.63) is 23.2 Å². The Morgan fingerprint density at radius 3 is 2.70 bits per heavy atom. The van der Waals surface area contributed by atoms with E-state index in [0.717, 1.165) is 0 Å². The van der Waals surface area contributed by atoms with Crippen LogP contribution in [0.2, 0.25) is 5.02 Å². The number of morpholine rings is 1. The molecule has 1 aliphatic rings. The predicted molar refractivity (Wildman–Crippen MR) is 89.4 cm³/mol. The maximum atomic E-state index is 12.5. The average molecular weight is 343 g/mol. The molecule has 1 aliphatic heterocycles. The van der Waals surface area contributed by atoms with Gasteiger partial charge in [0, 0.05) is 20.2 Å². The van der Waals surface area contributed by atoms with Crippen LogP contribution in [0.3, 0.4) is 0 Å². The third-order valence-electron chi connectivity index (χ3n) is 3.45. The monoisotopic (exact) mass is 342 g/mol. The number of para-hydroxylation sites is 1. The van der Waals surface area contributed by atoms with Crippen LogP contribution in [0.1, 0.15) is 13.8 Å². The van der Waals surface area contributed by atoms with E-state index >= 15 is 0 Å². The van der Waals surface area contributed by atoms with Gasteiger partial charge in [0.1, 0.15) is 6.61 Å². The molecule has 0 aromatic heterocycles. The van der Waals surface area contributed by atoms with Gasteiger partial charge in [0.25, 0.3) is 0 Å². The van der Waals surface area contributed by atoms with Crippen LogP contribution in [0.4, 0.5) is 10.5 Å². The molecule has 0 saturated carbocycles. The van der Waals surface area contributed by atoms with Crippen molar-refractivity contribution < 1.29 is 19.0 Å². The molecule has 1 heterocycles. The summed E-state index contributed by atoms with van der Waals surface area (Å²) in [5.74, 6) is 0.453. The molecule has 2 amide bonds. The van der Waals surface area contributed by atoms with E-state index in [-0.39, 0.29) is 18.2 Å². The lowest BCUT2D eigenvalue weighted by Crippen LogP contribution is -2.49. The molecule has 1 N–H and O–H groups in total. The number of rotatable bonds is 5. The fraction of sp³-hybridized carbons (Fsp3) is 0.562. The average Bonchev–Trinajstić information content (AvgIpc) is 2.49. The maximum absolute atomic E-state index is 12.5. The first-order chi connectivity index (χ1) is 11.0. The lowest BCUT2D eigenvalue weighted by atomic mass is 10.2. The summed E-state index contributed by atoms with van der Waals surface area (Å²) in [5.41, 5.74) is 0.547. The van der Waals surface area contributed by atoms with Gasteiger partial charge < -0.3 is 24.4 Å². The summed E-state index contributed by atoms with van der Waals surface area (Å²) in [6.07, 6.45) is 0.0302. The fourth-order valence-corrected chi connectivity index (χ4v) is 2.75. The second kappa shape index (κ2) is 8.38. The van der Waals surface area contributed by atoms with Crippen molar-refractivity contribution in [2.45, 2.75) is 26.1 Å².